The molecule has 0 saturated heterocycles. The first-order valence-corrected chi connectivity index (χ1v) is 33.1. The van der Waals surface area contributed by atoms with Crippen LogP contribution >= 0.6 is 0 Å². The molecule has 0 aliphatic rings. The van der Waals surface area contributed by atoms with Crippen LogP contribution in [0.25, 0.3) is 88.4 Å². The Morgan fingerprint density at radius 3 is 0.745 bits per heavy atom. The zero-order valence-electron chi connectivity index (χ0n) is 56.2. The normalized spacial score (nSPS) is 12.2. The van der Waals surface area contributed by atoms with Gasteiger partial charge in [-0.1, -0.05) is 235 Å². The fourth-order valence-electron chi connectivity index (χ4n) is 13.9. The third kappa shape index (κ3) is 10.9. The minimum Gasteiger partial charge on any atom is -0.311 e. The van der Waals surface area contributed by atoms with Crippen molar-refractivity contribution in [2.45, 2.75) is 105 Å². The van der Waals surface area contributed by atoms with Gasteiger partial charge in [0.2, 0.25) is 0 Å². The molecule has 0 amide bonds. The molecule has 14 aromatic rings. The Hall–Kier alpha value is -10.7. The summed E-state index contributed by atoms with van der Waals surface area (Å²) < 4.78 is 4.91. The number of anilines is 6. The van der Waals surface area contributed by atoms with Crippen LogP contribution in [0.5, 0.6) is 0 Å². The first-order chi connectivity index (χ1) is 45.2. The summed E-state index contributed by atoms with van der Waals surface area (Å²) in [6, 6.07) is 103. The molecular formula is C89H81N5. The minimum atomic E-state index is -0.136. The number of para-hydroxylation sites is 4. The highest BCUT2D eigenvalue weighted by Gasteiger charge is 2.34. The second kappa shape index (κ2) is 23.5. The lowest BCUT2D eigenvalue weighted by atomic mass is 9.82. The summed E-state index contributed by atoms with van der Waals surface area (Å²) in [5.74, 6) is 0. The van der Waals surface area contributed by atoms with Crippen molar-refractivity contribution in [3.05, 3.63) is 301 Å². The van der Waals surface area contributed by atoms with Gasteiger partial charge in [-0.3, -0.25) is 0 Å². The molecule has 462 valence electrons. The Morgan fingerprint density at radius 1 is 0.266 bits per heavy atom. The van der Waals surface area contributed by atoms with E-state index in [0.29, 0.717) is 5.56 Å². The molecule has 0 N–H and O–H groups in total. The molecule has 2 aromatic heterocycles. The maximum absolute atomic E-state index is 13.1. The molecule has 0 unspecified atom stereocenters. The predicted molar refractivity (Wildman–Crippen MR) is 400 cm³/mol. The van der Waals surface area contributed by atoms with E-state index in [1.807, 2.05) is 0 Å². The average molecular weight is 1220 g/mol. The monoisotopic (exact) mass is 1220 g/mol. The van der Waals surface area contributed by atoms with Gasteiger partial charge >= 0.3 is 0 Å². The van der Waals surface area contributed by atoms with Gasteiger partial charge in [-0.25, -0.2) is 0 Å². The zero-order chi connectivity index (χ0) is 65.4. The first-order valence-electron chi connectivity index (χ1n) is 33.1. The van der Waals surface area contributed by atoms with Gasteiger partial charge in [0.1, 0.15) is 11.6 Å². The van der Waals surface area contributed by atoms with Gasteiger partial charge in [0.05, 0.1) is 33.4 Å². The molecule has 0 fully saturated rings. The first kappa shape index (κ1) is 60.9. The molecule has 94 heavy (non-hydrogen) atoms. The Labute approximate surface area is 555 Å². The molecule has 0 aliphatic heterocycles. The molecular weight excluding hydrogens is 1140 g/mol. The summed E-state index contributed by atoms with van der Waals surface area (Å²) >= 11 is 0. The lowest BCUT2D eigenvalue weighted by molar-refractivity contribution is 0.590. The molecule has 5 nitrogen and oxygen atoms in total. The fourth-order valence-corrected chi connectivity index (χ4v) is 13.9. The van der Waals surface area contributed by atoms with Crippen LogP contribution < -0.4 is 9.80 Å². The predicted octanol–water partition coefficient (Wildman–Crippen LogP) is 24.9. The maximum Gasteiger partial charge on any atom is 0.104 e. The second-order valence-corrected chi connectivity index (χ2v) is 29.4. The average Bonchev–Trinajstić information content (AvgIpc) is 1.42. The molecule has 5 heteroatoms. The van der Waals surface area contributed by atoms with Crippen LogP contribution in [0.15, 0.2) is 273 Å². The zero-order valence-corrected chi connectivity index (χ0v) is 56.2. The van der Waals surface area contributed by atoms with Gasteiger partial charge in [-0.15, -0.1) is 0 Å². The lowest BCUT2D eigenvalue weighted by Gasteiger charge is -2.29. The largest absolute Gasteiger partial charge is 0.311 e. The quantitative estimate of drug-likeness (QED) is 0.130. The van der Waals surface area contributed by atoms with Gasteiger partial charge < -0.3 is 18.9 Å². The second-order valence-electron chi connectivity index (χ2n) is 29.4. The van der Waals surface area contributed by atoms with E-state index in [2.05, 4.69) is 381 Å². The lowest BCUT2D eigenvalue weighted by Crippen LogP contribution is -2.13. The molecule has 0 saturated carbocycles. The van der Waals surface area contributed by atoms with E-state index in [-0.39, 0.29) is 21.7 Å². The van der Waals surface area contributed by atoms with E-state index in [0.717, 1.165) is 122 Å². The highest BCUT2D eigenvalue weighted by Crippen LogP contribution is 2.54. The van der Waals surface area contributed by atoms with Gasteiger partial charge in [0.25, 0.3) is 0 Å². The number of hydrogen-bond donors (Lipinski definition) is 0. The van der Waals surface area contributed by atoms with Gasteiger partial charge in [0, 0.05) is 72.4 Å². The molecule has 2 heterocycles. The number of nitrogens with zero attached hydrogens (tertiary/aromatic N) is 5. The van der Waals surface area contributed by atoms with Crippen molar-refractivity contribution < 1.29 is 0 Å². The number of hydrogen-bond acceptors (Lipinski definition) is 3. The Bertz CT molecular complexity index is 4660. The SMILES string of the molecule is CC(C)(C)c1ccc2c(c1)c1cc(C(C)(C)C)ccc1n2-c1c(C#N)c(-n2c3ccc(C(C)(C)C)cc3c3cc(C(C)(C)C)ccc32)c(-c2ccc(N(c3ccccc3)c3ccccc3)cc2)c(-c2ccccc2)c1-c1ccc(N(c2ccccc2)c2ccccc2)cc1. The Balaban J connectivity index is 1.20. The van der Waals surface area contributed by atoms with Crippen molar-refractivity contribution in [1.29, 1.82) is 5.26 Å². The number of benzene rings is 12. The maximum atomic E-state index is 13.1. The Morgan fingerprint density at radius 2 is 0.500 bits per heavy atom. The minimum absolute atomic E-state index is 0.136. The van der Waals surface area contributed by atoms with Gasteiger partial charge in [-0.2, -0.15) is 5.26 Å². The van der Waals surface area contributed by atoms with E-state index in [1.54, 1.807) is 0 Å². The van der Waals surface area contributed by atoms with E-state index < -0.39 is 0 Å². The summed E-state index contributed by atoms with van der Waals surface area (Å²) in [5, 5.41) is 17.7. The Kier molecular flexibility index (Phi) is 15.2. The standard InChI is InChI=1S/C89H81N5/c1-86(2,3)62-42-50-77-72(54-62)73-55-63(87(4,5)6)43-51-78(73)93(77)84-76(58-90)85(94-79-52-44-64(88(7,8)9)56-74(79)75-57-65(89(10,11)12)45-53-80(75)94)83(61-40-48-71(49-41-61)92(68-34-24-16-25-35-68)69-36-26-17-27-37-69)81(59-28-18-13-19-29-59)82(84)60-38-46-70(47-39-60)91(66-30-20-14-21-31-66)67-32-22-15-23-33-67/h13-57H,1-12H3. The summed E-state index contributed by atoms with van der Waals surface area (Å²) in [6.07, 6.45) is 0. The fraction of sp³-hybridized carbons (Fsp3) is 0.180. The number of rotatable bonds is 11. The van der Waals surface area contributed by atoms with Crippen molar-refractivity contribution in [1.82, 2.24) is 9.13 Å². The molecule has 0 atom stereocenters. The summed E-state index contributed by atoms with van der Waals surface area (Å²) in [6.45, 7) is 27.6. The van der Waals surface area contributed by atoms with E-state index in [9.17, 15) is 5.26 Å². The van der Waals surface area contributed by atoms with Crippen molar-refractivity contribution >= 4 is 77.7 Å². The van der Waals surface area contributed by atoms with Crippen LogP contribution in [-0.2, 0) is 21.7 Å². The van der Waals surface area contributed by atoms with Crippen LogP contribution in [0.2, 0.25) is 0 Å². The van der Waals surface area contributed by atoms with E-state index >= 15 is 0 Å². The van der Waals surface area contributed by atoms with Gasteiger partial charge in [-0.05, 0) is 182 Å². The summed E-state index contributed by atoms with van der Waals surface area (Å²) in [5.41, 5.74) is 22.8. The number of fused-ring (bicyclic) bond motifs is 6. The third-order valence-corrected chi connectivity index (χ3v) is 18.9. The van der Waals surface area contributed by atoms with Crippen LogP contribution in [0, 0.1) is 11.3 Å². The van der Waals surface area contributed by atoms with Crippen LogP contribution in [0.1, 0.15) is 111 Å². The molecule has 12 aromatic carbocycles. The van der Waals surface area contributed by atoms with Gasteiger partial charge in [0.15, 0.2) is 0 Å². The van der Waals surface area contributed by atoms with E-state index in [4.69, 9.17) is 0 Å². The molecule has 0 aliphatic carbocycles. The highest BCUT2D eigenvalue weighted by atomic mass is 15.1. The van der Waals surface area contributed by atoms with Crippen molar-refractivity contribution in [2.24, 2.45) is 0 Å². The van der Waals surface area contributed by atoms with Crippen molar-refractivity contribution in [2.75, 3.05) is 9.80 Å². The number of nitriles is 1. The third-order valence-electron chi connectivity index (χ3n) is 18.9. The van der Waals surface area contributed by atoms with Crippen LogP contribution in [0.3, 0.4) is 0 Å². The van der Waals surface area contributed by atoms with Crippen molar-refractivity contribution in [3.63, 3.8) is 0 Å². The molecule has 0 bridgehead atoms. The van der Waals surface area contributed by atoms with Crippen LogP contribution in [0.4, 0.5) is 34.1 Å². The number of aromatic nitrogens is 2. The summed E-state index contributed by atoms with van der Waals surface area (Å²) in [7, 11) is 0. The molecule has 14 rings (SSSR count). The van der Waals surface area contributed by atoms with E-state index in [1.165, 1.54) is 22.3 Å². The van der Waals surface area contributed by atoms with Crippen molar-refractivity contribution in [3.8, 4) is 50.8 Å². The summed E-state index contributed by atoms with van der Waals surface area (Å²) in [4.78, 5) is 4.64. The molecule has 0 radical (unpaired) electrons. The topological polar surface area (TPSA) is 40.1 Å². The smallest absolute Gasteiger partial charge is 0.104 e. The molecule has 0 spiro atoms. The highest BCUT2D eigenvalue weighted by molar-refractivity contribution is 6.15. The van der Waals surface area contributed by atoms with Crippen LogP contribution in [-0.4, -0.2) is 9.13 Å².